The lowest BCUT2D eigenvalue weighted by molar-refractivity contribution is 0.0112. The molecule has 0 spiro atoms. The van der Waals surface area contributed by atoms with E-state index in [9.17, 15) is 0 Å². The van der Waals surface area contributed by atoms with Crippen molar-refractivity contribution in [2.45, 2.75) is 51.7 Å². The zero-order chi connectivity index (χ0) is 12.1. The van der Waals surface area contributed by atoms with Crippen molar-refractivity contribution in [1.29, 1.82) is 0 Å². The first-order chi connectivity index (χ1) is 8.25. The van der Waals surface area contributed by atoms with Crippen molar-refractivity contribution in [3.8, 4) is 0 Å². The first-order valence-electron chi connectivity index (χ1n) is 6.67. The van der Waals surface area contributed by atoms with Gasteiger partial charge in [-0.2, -0.15) is 0 Å². The monoisotopic (exact) mass is 237 g/mol. The summed E-state index contributed by atoms with van der Waals surface area (Å²) in [6, 6.07) is 4.34. The fourth-order valence-electron chi connectivity index (χ4n) is 2.28. The van der Waals surface area contributed by atoms with Gasteiger partial charge in [-0.3, -0.25) is 0 Å². The maximum absolute atomic E-state index is 5.71. The fourth-order valence-corrected chi connectivity index (χ4v) is 2.28. The topological polar surface area (TPSA) is 34.4 Å². The zero-order valence-corrected chi connectivity index (χ0v) is 10.9. The Kier molecular flexibility index (Phi) is 4.63. The van der Waals surface area contributed by atoms with Crippen LogP contribution in [0.4, 0.5) is 0 Å². The zero-order valence-electron chi connectivity index (χ0n) is 10.9. The smallest absolute Gasteiger partial charge is 0.120 e. The lowest BCUT2D eigenvalue weighted by Gasteiger charge is -2.23. The van der Waals surface area contributed by atoms with Crippen molar-refractivity contribution in [2.24, 2.45) is 0 Å². The molecule has 1 fully saturated rings. The first kappa shape index (κ1) is 12.7. The van der Waals surface area contributed by atoms with Gasteiger partial charge in [0.05, 0.1) is 12.1 Å². The Hall–Kier alpha value is -0.800. The molecule has 2 heterocycles. The summed E-state index contributed by atoms with van der Waals surface area (Å²) < 4.78 is 11.3. The van der Waals surface area contributed by atoms with Gasteiger partial charge in [0.15, 0.2) is 0 Å². The van der Waals surface area contributed by atoms with Gasteiger partial charge >= 0.3 is 0 Å². The third kappa shape index (κ3) is 3.86. The molecule has 0 bridgehead atoms. The molecule has 2 rings (SSSR count). The van der Waals surface area contributed by atoms with Crippen molar-refractivity contribution in [3.63, 3.8) is 0 Å². The van der Waals surface area contributed by atoms with E-state index in [0.717, 1.165) is 31.1 Å². The van der Waals surface area contributed by atoms with E-state index in [2.05, 4.69) is 12.2 Å². The molecule has 1 saturated heterocycles. The van der Waals surface area contributed by atoms with Crippen LogP contribution in [0.25, 0.3) is 0 Å². The summed E-state index contributed by atoms with van der Waals surface area (Å²) in [6.45, 7) is 6.05. The standard InChI is InChI=1S/C14H23NO2/c1-11-6-7-14(17-11)12(2)15-9-8-13-5-3-4-10-16-13/h6-7,12-13,15H,3-5,8-10H2,1-2H3. The molecule has 96 valence electrons. The average Bonchev–Trinajstić information content (AvgIpc) is 2.77. The lowest BCUT2D eigenvalue weighted by Crippen LogP contribution is -2.26. The largest absolute Gasteiger partial charge is 0.465 e. The molecule has 1 aliphatic rings. The van der Waals surface area contributed by atoms with E-state index in [-0.39, 0.29) is 6.04 Å². The highest BCUT2D eigenvalue weighted by Crippen LogP contribution is 2.17. The normalized spacial score (nSPS) is 22.6. The SMILES string of the molecule is Cc1ccc(C(C)NCCC2CCCCO2)o1. The van der Waals surface area contributed by atoms with Crippen LogP contribution < -0.4 is 5.32 Å². The molecule has 1 aromatic rings. The van der Waals surface area contributed by atoms with E-state index in [4.69, 9.17) is 9.15 Å². The quantitative estimate of drug-likeness (QED) is 0.854. The molecule has 3 heteroatoms. The number of nitrogens with one attached hydrogen (secondary N) is 1. The van der Waals surface area contributed by atoms with Crippen LogP contribution in [0.15, 0.2) is 16.5 Å². The van der Waals surface area contributed by atoms with Gasteiger partial charge in [0.1, 0.15) is 11.5 Å². The summed E-state index contributed by atoms with van der Waals surface area (Å²) >= 11 is 0. The van der Waals surface area contributed by atoms with Crippen LogP contribution in [0, 0.1) is 6.92 Å². The van der Waals surface area contributed by atoms with E-state index in [1.165, 1.54) is 19.3 Å². The third-order valence-electron chi connectivity index (χ3n) is 3.38. The minimum absolute atomic E-state index is 0.285. The Morgan fingerprint density at radius 3 is 2.94 bits per heavy atom. The molecule has 3 nitrogen and oxygen atoms in total. The second kappa shape index (κ2) is 6.22. The Bertz CT molecular complexity index is 329. The van der Waals surface area contributed by atoms with Crippen molar-refractivity contribution >= 4 is 0 Å². The van der Waals surface area contributed by atoms with Gasteiger partial charge in [-0.1, -0.05) is 0 Å². The second-order valence-corrected chi connectivity index (χ2v) is 4.90. The number of ether oxygens (including phenoxy) is 1. The van der Waals surface area contributed by atoms with E-state index in [1.54, 1.807) is 0 Å². The molecular weight excluding hydrogens is 214 g/mol. The molecule has 1 aliphatic heterocycles. The Morgan fingerprint density at radius 1 is 1.41 bits per heavy atom. The van der Waals surface area contributed by atoms with E-state index >= 15 is 0 Å². The highest BCUT2D eigenvalue weighted by Gasteiger charge is 2.14. The van der Waals surface area contributed by atoms with Crippen molar-refractivity contribution in [1.82, 2.24) is 5.32 Å². The van der Waals surface area contributed by atoms with E-state index in [1.807, 2.05) is 19.1 Å². The molecule has 0 saturated carbocycles. The fraction of sp³-hybridized carbons (Fsp3) is 0.714. The predicted molar refractivity (Wildman–Crippen MR) is 68.1 cm³/mol. The maximum atomic E-state index is 5.71. The van der Waals surface area contributed by atoms with Gasteiger partial charge in [0.2, 0.25) is 0 Å². The summed E-state index contributed by atoms with van der Waals surface area (Å²) in [4.78, 5) is 0. The van der Waals surface area contributed by atoms with Crippen LogP contribution in [0.1, 0.15) is 50.2 Å². The molecule has 0 aromatic carbocycles. The summed E-state index contributed by atoms with van der Waals surface area (Å²) in [6.07, 6.45) is 5.32. The van der Waals surface area contributed by atoms with Crippen molar-refractivity contribution in [3.05, 3.63) is 23.7 Å². The number of furan rings is 1. The van der Waals surface area contributed by atoms with Crippen LogP contribution in [0.2, 0.25) is 0 Å². The highest BCUT2D eigenvalue weighted by molar-refractivity contribution is 5.08. The third-order valence-corrected chi connectivity index (χ3v) is 3.38. The van der Waals surface area contributed by atoms with Gasteiger partial charge in [0, 0.05) is 6.61 Å². The molecule has 0 aliphatic carbocycles. The summed E-state index contributed by atoms with van der Waals surface area (Å²) in [7, 11) is 0. The van der Waals surface area contributed by atoms with Gasteiger partial charge in [0.25, 0.3) is 0 Å². The lowest BCUT2D eigenvalue weighted by atomic mass is 10.1. The summed E-state index contributed by atoms with van der Waals surface area (Å²) in [5, 5.41) is 3.49. The van der Waals surface area contributed by atoms with Crippen molar-refractivity contribution in [2.75, 3.05) is 13.2 Å². The van der Waals surface area contributed by atoms with Crippen LogP contribution in [0.5, 0.6) is 0 Å². The van der Waals surface area contributed by atoms with Crippen LogP contribution in [-0.2, 0) is 4.74 Å². The predicted octanol–water partition coefficient (Wildman–Crippen LogP) is 3.20. The number of rotatable bonds is 5. The highest BCUT2D eigenvalue weighted by atomic mass is 16.5. The first-order valence-corrected chi connectivity index (χ1v) is 6.67. The van der Waals surface area contributed by atoms with E-state index in [0.29, 0.717) is 6.10 Å². The van der Waals surface area contributed by atoms with Crippen LogP contribution in [-0.4, -0.2) is 19.3 Å². The molecule has 0 radical (unpaired) electrons. The second-order valence-electron chi connectivity index (χ2n) is 4.90. The Morgan fingerprint density at radius 2 is 2.29 bits per heavy atom. The van der Waals surface area contributed by atoms with Gasteiger partial charge in [-0.15, -0.1) is 0 Å². The molecule has 0 amide bonds. The molecule has 1 N–H and O–H groups in total. The molecule has 2 atom stereocenters. The Balaban J connectivity index is 1.67. The van der Waals surface area contributed by atoms with E-state index < -0.39 is 0 Å². The minimum atomic E-state index is 0.285. The summed E-state index contributed by atoms with van der Waals surface area (Å²) in [5.74, 6) is 2.00. The number of hydrogen-bond donors (Lipinski definition) is 1. The minimum Gasteiger partial charge on any atom is -0.465 e. The van der Waals surface area contributed by atoms with Crippen molar-refractivity contribution < 1.29 is 9.15 Å². The molecular formula is C14H23NO2. The number of hydrogen-bond acceptors (Lipinski definition) is 3. The van der Waals surface area contributed by atoms with Gasteiger partial charge in [-0.25, -0.2) is 0 Å². The Labute approximate surface area is 104 Å². The summed E-state index contributed by atoms with van der Waals surface area (Å²) in [5.41, 5.74) is 0. The molecule has 1 aromatic heterocycles. The number of aryl methyl sites for hydroxylation is 1. The van der Waals surface area contributed by atoms with Crippen LogP contribution in [0.3, 0.4) is 0 Å². The van der Waals surface area contributed by atoms with Gasteiger partial charge < -0.3 is 14.5 Å². The van der Waals surface area contributed by atoms with Gasteiger partial charge in [-0.05, 0) is 58.2 Å². The molecule has 17 heavy (non-hydrogen) atoms. The average molecular weight is 237 g/mol. The molecule has 2 unspecified atom stereocenters. The maximum Gasteiger partial charge on any atom is 0.120 e. The van der Waals surface area contributed by atoms with Crippen LogP contribution >= 0.6 is 0 Å².